The lowest BCUT2D eigenvalue weighted by Gasteiger charge is -2.00. The van der Waals surface area contributed by atoms with E-state index in [4.69, 9.17) is 23.2 Å². The molecule has 0 amide bonds. The maximum Gasteiger partial charge on any atom is 0.0548 e. The number of hydrogen-bond donors (Lipinski definition) is 0. The maximum atomic E-state index is 6.14. The summed E-state index contributed by atoms with van der Waals surface area (Å²) in [5.41, 5.74) is 2.04. The van der Waals surface area contributed by atoms with Crippen LogP contribution < -0.4 is 0 Å². The highest BCUT2D eigenvalue weighted by Crippen LogP contribution is 2.26. The molecule has 2 aromatic rings. The second-order valence-corrected chi connectivity index (χ2v) is 6.26. The maximum absolute atomic E-state index is 6.14. The lowest BCUT2D eigenvalue weighted by Crippen LogP contribution is -1.77. The lowest BCUT2D eigenvalue weighted by atomic mass is 10.1. The zero-order valence-electron chi connectivity index (χ0n) is 9.13. The predicted octanol–water partition coefficient (Wildman–Crippen LogP) is 6.69. The van der Waals surface area contributed by atoms with Crippen molar-refractivity contribution in [1.29, 1.82) is 0 Å². The van der Waals surface area contributed by atoms with E-state index in [1.165, 1.54) is 0 Å². The Bertz CT molecular complexity index is 607. The second kappa shape index (κ2) is 6.25. The van der Waals surface area contributed by atoms with E-state index in [9.17, 15) is 0 Å². The largest absolute Gasteiger partial charge is 0.0836 e. The Morgan fingerprint density at radius 1 is 0.833 bits per heavy atom. The van der Waals surface area contributed by atoms with Gasteiger partial charge in [0.2, 0.25) is 0 Å². The fourth-order valence-corrected chi connectivity index (χ4v) is 2.69. The van der Waals surface area contributed by atoms with Crippen molar-refractivity contribution < 1.29 is 0 Å². The van der Waals surface area contributed by atoms with E-state index in [1.807, 2.05) is 48.6 Å². The monoisotopic (exact) mass is 404 g/mol. The van der Waals surface area contributed by atoms with Gasteiger partial charge in [-0.2, -0.15) is 0 Å². The zero-order chi connectivity index (χ0) is 13.1. The van der Waals surface area contributed by atoms with Gasteiger partial charge in [0.15, 0.2) is 0 Å². The lowest BCUT2D eigenvalue weighted by molar-refractivity contribution is 1.60. The molecule has 0 saturated heterocycles. The summed E-state index contributed by atoms with van der Waals surface area (Å²) < 4.78 is 1.85. The highest BCUT2D eigenvalue weighted by Gasteiger charge is 1.99. The number of hydrogen-bond acceptors (Lipinski definition) is 0. The van der Waals surface area contributed by atoms with Crippen LogP contribution in [0.5, 0.6) is 0 Å². The molecule has 0 nitrogen and oxygen atoms in total. The predicted molar refractivity (Wildman–Crippen MR) is 87.2 cm³/mol. The quantitative estimate of drug-likeness (QED) is 0.487. The van der Waals surface area contributed by atoms with Gasteiger partial charge in [-0.3, -0.25) is 0 Å². The van der Waals surface area contributed by atoms with Crippen LogP contribution in [0.15, 0.2) is 45.3 Å². The summed E-state index contributed by atoms with van der Waals surface area (Å²) in [4.78, 5) is 0. The van der Waals surface area contributed by atoms with Crippen molar-refractivity contribution in [2.45, 2.75) is 0 Å². The van der Waals surface area contributed by atoms with Crippen molar-refractivity contribution in [3.8, 4) is 0 Å². The minimum absolute atomic E-state index is 0.703. The van der Waals surface area contributed by atoms with Crippen LogP contribution in [0.1, 0.15) is 11.1 Å². The molecule has 0 radical (unpaired) electrons. The summed E-state index contributed by atoms with van der Waals surface area (Å²) in [6.45, 7) is 0. The van der Waals surface area contributed by atoms with E-state index >= 15 is 0 Å². The van der Waals surface area contributed by atoms with Gasteiger partial charge in [0, 0.05) is 14.0 Å². The van der Waals surface area contributed by atoms with Gasteiger partial charge >= 0.3 is 0 Å². The molecular weight excluding hydrogens is 399 g/mol. The van der Waals surface area contributed by atoms with Gasteiger partial charge in [0.05, 0.1) is 5.02 Å². The normalized spacial score (nSPS) is 11.1. The molecule has 18 heavy (non-hydrogen) atoms. The van der Waals surface area contributed by atoms with Crippen molar-refractivity contribution in [3.63, 3.8) is 0 Å². The molecule has 0 aliphatic heterocycles. The summed E-state index contributed by atoms with van der Waals surface area (Å²) >= 11 is 18.9. The average molecular weight is 407 g/mol. The molecule has 0 N–H and O–H groups in total. The Morgan fingerprint density at radius 2 is 1.61 bits per heavy atom. The van der Waals surface area contributed by atoms with Crippen LogP contribution in [-0.2, 0) is 0 Å². The van der Waals surface area contributed by atoms with E-state index in [-0.39, 0.29) is 0 Å². The van der Waals surface area contributed by atoms with E-state index in [0.29, 0.717) is 10.0 Å². The molecule has 4 heteroatoms. The van der Waals surface area contributed by atoms with Crippen LogP contribution in [0.4, 0.5) is 0 Å². The molecule has 0 fully saturated rings. The molecule has 0 unspecified atom stereocenters. The molecule has 0 atom stereocenters. The van der Waals surface area contributed by atoms with Crippen LogP contribution in [0, 0.1) is 0 Å². The standard InChI is InChI=1S/C14H8Br2Cl2/c15-11-5-4-10(14(18)8-11)3-1-9-2-6-13(17)12(16)7-9/h1-8H. The summed E-state index contributed by atoms with van der Waals surface area (Å²) in [6, 6.07) is 11.6. The minimum atomic E-state index is 0.703. The van der Waals surface area contributed by atoms with Gasteiger partial charge in [-0.05, 0) is 51.3 Å². The molecule has 2 aromatic carbocycles. The fourth-order valence-electron chi connectivity index (χ4n) is 1.44. The van der Waals surface area contributed by atoms with E-state index < -0.39 is 0 Å². The molecule has 0 heterocycles. The van der Waals surface area contributed by atoms with Crippen molar-refractivity contribution in [3.05, 3.63) is 66.5 Å². The number of halogens is 4. The van der Waals surface area contributed by atoms with E-state index in [1.54, 1.807) is 0 Å². The zero-order valence-corrected chi connectivity index (χ0v) is 13.8. The Hall–Kier alpha value is -0.280. The molecule has 0 aliphatic rings. The van der Waals surface area contributed by atoms with Gasteiger partial charge in [-0.1, -0.05) is 63.4 Å². The topological polar surface area (TPSA) is 0 Å². The smallest absolute Gasteiger partial charge is 0.0548 e. The third-order valence-electron chi connectivity index (χ3n) is 2.36. The first kappa shape index (κ1) is 14.1. The summed E-state index contributed by atoms with van der Waals surface area (Å²) in [5.74, 6) is 0. The first-order valence-corrected chi connectivity index (χ1v) is 7.48. The van der Waals surface area contributed by atoms with Crippen LogP contribution in [-0.4, -0.2) is 0 Å². The molecule has 0 bridgehead atoms. The Labute approximate surface area is 133 Å². The first-order valence-electron chi connectivity index (χ1n) is 5.14. The average Bonchev–Trinajstić information content (AvgIpc) is 2.32. The van der Waals surface area contributed by atoms with Crippen LogP contribution in [0.2, 0.25) is 10.0 Å². The number of rotatable bonds is 2. The third-order valence-corrected chi connectivity index (χ3v) is 4.40. The fraction of sp³-hybridized carbons (Fsp3) is 0. The van der Waals surface area contributed by atoms with E-state index in [2.05, 4.69) is 31.9 Å². The second-order valence-electron chi connectivity index (χ2n) is 3.67. The molecule has 0 spiro atoms. The molecule has 92 valence electrons. The Kier molecular flexibility index (Phi) is 4.91. The summed E-state index contributed by atoms with van der Waals surface area (Å²) in [6.07, 6.45) is 3.97. The number of benzene rings is 2. The molecule has 2 rings (SSSR count). The van der Waals surface area contributed by atoms with Crippen molar-refractivity contribution in [2.75, 3.05) is 0 Å². The van der Waals surface area contributed by atoms with Crippen LogP contribution in [0.25, 0.3) is 12.2 Å². The first-order chi connectivity index (χ1) is 8.56. The highest BCUT2D eigenvalue weighted by molar-refractivity contribution is 9.10. The van der Waals surface area contributed by atoms with Gasteiger partial charge in [0.25, 0.3) is 0 Å². The molecular formula is C14H8Br2Cl2. The van der Waals surface area contributed by atoms with Crippen molar-refractivity contribution in [2.24, 2.45) is 0 Å². The van der Waals surface area contributed by atoms with Crippen molar-refractivity contribution in [1.82, 2.24) is 0 Å². The molecule has 0 aliphatic carbocycles. The van der Waals surface area contributed by atoms with Crippen LogP contribution >= 0.6 is 55.1 Å². The Morgan fingerprint density at radius 3 is 2.28 bits per heavy atom. The van der Waals surface area contributed by atoms with Gasteiger partial charge in [-0.25, -0.2) is 0 Å². The summed E-state index contributed by atoms with van der Waals surface area (Å²) in [7, 11) is 0. The Balaban J connectivity index is 2.27. The third kappa shape index (κ3) is 3.61. The van der Waals surface area contributed by atoms with Gasteiger partial charge in [-0.15, -0.1) is 0 Å². The van der Waals surface area contributed by atoms with Gasteiger partial charge < -0.3 is 0 Å². The van der Waals surface area contributed by atoms with Crippen molar-refractivity contribution >= 4 is 67.2 Å². The highest BCUT2D eigenvalue weighted by atomic mass is 79.9. The summed E-state index contributed by atoms with van der Waals surface area (Å²) in [5, 5.41) is 1.42. The SMILES string of the molecule is Clc1ccc(C=Cc2ccc(Br)cc2Cl)cc1Br. The van der Waals surface area contributed by atoms with E-state index in [0.717, 1.165) is 20.1 Å². The molecule has 0 aromatic heterocycles. The minimum Gasteiger partial charge on any atom is -0.0836 e. The van der Waals surface area contributed by atoms with Crippen LogP contribution in [0.3, 0.4) is 0 Å². The van der Waals surface area contributed by atoms with Gasteiger partial charge in [0.1, 0.15) is 0 Å². The molecule has 0 saturated carbocycles.